The van der Waals surface area contributed by atoms with Gasteiger partial charge in [-0.15, -0.1) is 0 Å². The van der Waals surface area contributed by atoms with Crippen molar-refractivity contribution in [3.05, 3.63) is 77.9 Å². The molecule has 3 rings (SSSR count). The molecule has 3 aromatic carbocycles. The standard InChI is InChI=1S/C26H25N3O7/c1-16(28-29-25(31)24(30)27-22-13-12-21(34-3)15-23(22)35-4)17-8-10-19(11-9-17)36-26(32)18-6-5-7-20(14-18)33-2/h5-15H,1-4H3,(H,27,30)(H,29,31)/b28-16+. The van der Waals surface area contributed by atoms with E-state index in [9.17, 15) is 14.4 Å². The number of methoxy groups -OCH3 is 3. The molecule has 0 saturated carbocycles. The number of hydrogen-bond acceptors (Lipinski definition) is 8. The zero-order valence-electron chi connectivity index (χ0n) is 20.2. The number of nitrogens with zero attached hydrogens (tertiary/aromatic N) is 1. The van der Waals surface area contributed by atoms with Crippen LogP contribution >= 0.6 is 0 Å². The summed E-state index contributed by atoms with van der Waals surface area (Å²) in [5, 5.41) is 6.43. The molecule has 0 unspecified atom stereocenters. The third-order valence-corrected chi connectivity index (χ3v) is 4.98. The first-order valence-electron chi connectivity index (χ1n) is 10.7. The Labute approximate surface area is 207 Å². The Morgan fingerprint density at radius 2 is 1.39 bits per heavy atom. The van der Waals surface area contributed by atoms with Gasteiger partial charge in [0.2, 0.25) is 0 Å². The van der Waals surface area contributed by atoms with Gasteiger partial charge in [0, 0.05) is 6.07 Å². The molecule has 0 fully saturated rings. The lowest BCUT2D eigenvalue weighted by molar-refractivity contribution is -0.136. The zero-order chi connectivity index (χ0) is 26.1. The van der Waals surface area contributed by atoms with Gasteiger partial charge in [-0.2, -0.15) is 5.10 Å². The van der Waals surface area contributed by atoms with Crippen LogP contribution in [0.1, 0.15) is 22.8 Å². The fourth-order valence-electron chi connectivity index (χ4n) is 3.01. The predicted molar refractivity (Wildman–Crippen MR) is 133 cm³/mol. The van der Waals surface area contributed by atoms with Gasteiger partial charge in [0.25, 0.3) is 0 Å². The van der Waals surface area contributed by atoms with E-state index in [1.54, 1.807) is 73.7 Å². The molecule has 10 heteroatoms. The normalized spacial score (nSPS) is 10.7. The van der Waals surface area contributed by atoms with Crippen LogP contribution < -0.4 is 29.7 Å². The molecule has 0 heterocycles. The zero-order valence-corrected chi connectivity index (χ0v) is 20.2. The summed E-state index contributed by atoms with van der Waals surface area (Å²) in [5.74, 6) is -0.663. The fraction of sp³-hybridized carbons (Fsp3) is 0.154. The molecular formula is C26H25N3O7. The maximum Gasteiger partial charge on any atom is 0.343 e. The molecule has 0 radical (unpaired) electrons. The van der Waals surface area contributed by atoms with Crippen LogP contribution in [-0.2, 0) is 9.59 Å². The van der Waals surface area contributed by atoms with E-state index in [0.717, 1.165) is 0 Å². The Morgan fingerprint density at radius 3 is 2.06 bits per heavy atom. The van der Waals surface area contributed by atoms with E-state index in [2.05, 4.69) is 15.8 Å². The van der Waals surface area contributed by atoms with Crippen LogP contribution in [0.5, 0.6) is 23.0 Å². The molecule has 3 aromatic rings. The van der Waals surface area contributed by atoms with Crippen LogP contribution in [0.15, 0.2) is 71.8 Å². The van der Waals surface area contributed by atoms with Crippen molar-refractivity contribution in [2.24, 2.45) is 5.10 Å². The summed E-state index contributed by atoms with van der Waals surface area (Å²) in [6.45, 7) is 1.65. The molecule has 10 nitrogen and oxygen atoms in total. The molecule has 2 N–H and O–H groups in total. The first-order valence-corrected chi connectivity index (χ1v) is 10.7. The molecule has 0 aliphatic rings. The monoisotopic (exact) mass is 491 g/mol. The summed E-state index contributed by atoms with van der Waals surface area (Å²) in [4.78, 5) is 36.8. The summed E-state index contributed by atoms with van der Waals surface area (Å²) in [6.07, 6.45) is 0. The molecule has 2 amide bonds. The van der Waals surface area contributed by atoms with Crippen molar-refractivity contribution in [3.8, 4) is 23.0 Å². The van der Waals surface area contributed by atoms with Gasteiger partial charge in [-0.3, -0.25) is 9.59 Å². The predicted octanol–water partition coefficient (Wildman–Crippen LogP) is 3.41. The number of anilines is 1. The maximum atomic E-state index is 12.3. The molecule has 186 valence electrons. The van der Waals surface area contributed by atoms with Crippen molar-refractivity contribution < 1.29 is 33.3 Å². The highest BCUT2D eigenvalue weighted by Crippen LogP contribution is 2.28. The van der Waals surface area contributed by atoms with E-state index in [-0.39, 0.29) is 0 Å². The molecule has 0 aliphatic heterocycles. The first kappa shape index (κ1) is 25.8. The number of esters is 1. The minimum Gasteiger partial charge on any atom is -0.497 e. The topological polar surface area (TPSA) is 125 Å². The van der Waals surface area contributed by atoms with E-state index in [4.69, 9.17) is 18.9 Å². The van der Waals surface area contributed by atoms with Crippen molar-refractivity contribution in [1.82, 2.24) is 5.43 Å². The molecule has 0 spiro atoms. The number of hydrazone groups is 1. The highest BCUT2D eigenvalue weighted by atomic mass is 16.5. The third kappa shape index (κ3) is 6.60. The average Bonchev–Trinajstić information content (AvgIpc) is 2.91. The van der Waals surface area contributed by atoms with E-state index >= 15 is 0 Å². The number of carbonyl (C=O) groups excluding carboxylic acids is 3. The second-order valence-electron chi connectivity index (χ2n) is 7.30. The molecular weight excluding hydrogens is 466 g/mol. The fourth-order valence-corrected chi connectivity index (χ4v) is 3.01. The largest absolute Gasteiger partial charge is 0.497 e. The van der Waals surface area contributed by atoms with Crippen LogP contribution in [0.4, 0.5) is 5.69 Å². The van der Waals surface area contributed by atoms with Gasteiger partial charge in [0.05, 0.1) is 38.3 Å². The summed E-state index contributed by atoms with van der Waals surface area (Å²) < 4.78 is 20.8. The van der Waals surface area contributed by atoms with Crippen LogP contribution in [-0.4, -0.2) is 44.8 Å². The summed E-state index contributed by atoms with van der Waals surface area (Å²) in [7, 11) is 4.45. The minimum atomic E-state index is -0.962. The highest BCUT2D eigenvalue weighted by molar-refractivity contribution is 6.39. The van der Waals surface area contributed by atoms with E-state index in [1.807, 2.05) is 0 Å². The highest BCUT2D eigenvalue weighted by Gasteiger charge is 2.16. The van der Waals surface area contributed by atoms with Gasteiger partial charge in [-0.25, -0.2) is 10.2 Å². The second kappa shape index (κ2) is 12.0. The SMILES string of the molecule is COc1cccc(C(=O)Oc2ccc(/C(C)=N/NC(=O)C(=O)Nc3ccc(OC)cc3OC)cc2)c1. The smallest absolute Gasteiger partial charge is 0.343 e. The number of hydrogen-bond donors (Lipinski definition) is 2. The van der Waals surface area contributed by atoms with Crippen LogP contribution in [0.3, 0.4) is 0 Å². The van der Waals surface area contributed by atoms with Gasteiger partial charge in [-0.05, 0) is 67.1 Å². The second-order valence-corrected chi connectivity index (χ2v) is 7.30. The van der Waals surface area contributed by atoms with Gasteiger partial charge in [-0.1, -0.05) is 6.07 Å². The lowest BCUT2D eigenvalue weighted by atomic mass is 10.1. The van der Waals surface area contributed by atoms with E-state index in [0.29, 0.717) is 45.5 Å². The van der Waals surface area contributed by atoms with Crippen molar-refractivity contribution in [2.45, 2.75) is 6.92 Å². The Kier molecular flexibility index (Phi) is 8.60. The van der Waals surface area contributed by atoms with Gasteiger partial charge < -0.3 is 24.3 Å². The number of amides is 2. The number of ether oxygens (including phenoxy) is 4. The Bertz CT molecular complexity index is 1290. The van der Waals surface area contributed by atoms with Gasteiger partial charge in [0.15, 0.2) is 0 Å². The van der Waals surface area contributed by atoms with E-state index < -0.39 is 17.8 Å². The number of rotatable bonds is 8. The molecule has 0 saturated heterocycles. The van der Waals surface area contributed by atoms with Crippen molar-refractivity contribution in [1.29, 1.82) is 0 Å². The molecule has 0 bridgehead atoms. The summed E-state index contributed by atoms with van der Waals surface area (Å²) in [5.41, 5.74) is 3.95. The number of carbonyl (C=O) groups is 3. The number of benzene rings is 3. The minimum absolute atomic E-state index is 0.304. The van der Waals surface area contributed by atoms with Crippen LogP contribution in [0.25, 0.3) is 0 Å². The molecule has 0 aromatic heterocycles. The average molecular weight is 492 g/mol. The summed E-state index contributed by atoms with van der Waals surface area (Å²) in [6, 6.07) is 17.9. The lowest BCUT2D eigenvalue weighted by Gasteiger charge is -2.11. The molecule has 0 aliphatic carbocycles. The molecule has 36 heavy (non-hydrogen) atoms. The maximum absolute atomic E-state index is 12.3. The Hall–Kier alpha value is -4.86. The van der Waals surface area contributed by atoms with Crippen molar-refractivity contribution in [2.75, 3.05) is 26.6 Å². The molecule has 0 atom stereocenters. The lowest BCUT2D eigenvalue weighted by Crippen LogP contribution is -2.33. The van der Waals surface area contributed by atoms with Crippen molar-refractivity contribution >= 4 is 29.2 Å². The Morgan fingerprint density at radius 1 is 0.722 bits per heavy atom. The van der Waals surface area contributed by atoms with Crippen LogP contribution in [0, 0.1) is 0 Å². The Balaban J connectivity index is 1.58. The van der Waals surface area contributed by atoms with Crippen molar-refractivity contribution in [3.63, 3.8) is 0 Å². The summed E-state index contributed by atoms with van der Waals surface area (Å²) >= 11 is 0. The third-order valence-electron chi connectivity index (χ3n) is 4.98. The van der Waals surface area contributed by atoms with Gasteiger partial charge in [0.1, 0.15) is 23.0 Å². The van der Waals surface area contributed by atoms with E-state index in [1.165, 1.54) is 21.3 Å². The quantitative estimate of drug-likeness (QED) is 0.163. The number of nitrogens with one attached hydrogen (secondary N) is 2. The first-order chi connectivity index (χ1) is 17.3. The van der Waals surface area contributed by atoms with Crippen LogP contribution in [0.2, 0.25) is 0 Å². The van der Waals surface area contributed by atoms with Gasteiger partial charge >= 0.3 is 17.8 Å².